The molecule has 0 aliphatic rings. The van der Waals surface area contributed by atoms with Gasteiger partial charge in [-0.2, -0.15) is 0 Å². The molecule has 0 saturated carbocycles. The van der Waals surface area contributed by atoms with Gasteiger partial charge in [-0.25, -0.2) is 4.79 Å². The molecule has 5 nitrogen and oxygen atoms in total. The summed E-state index contributed by atoms with van der Waals surface area (Å²) in [5.74, 6) is -0.470. The quantitative estimate of drug-likeness (QED) is 0.801. The van der Waals surface area contributed by atoms with Gasteiger partial charge in [0, 0.05) is 5.69 Å². The SMILES string of the molecule is COC(=O)c1ccc(NCC(=O)NC(C)c2ccccc2)c(C)c1. The number of methoxy groups -OCH3 is 1. The highest BCUT2D eigenvalue weighted by Crippen LogP contribution is 2.17. The van der Waals surface area contributed by atoms with E-state index in [1.807, 2.05) is 44.2 Å². The van der Waals surface area contributed by atoms with Crippen LogP contribution in [0.2, 0.25) is 0 Å². The standard InChI is InChI=1S/C19H22N2O3/c1-13-11-16(19(23)24-3)9-10-17(13)20-12-18(22)21-14(2)15-7-5-4-6-8-15/h4-11,14,20H,12H2,1-3H3,(H,21,22). The van der Waals surface area contributed by atoms with E-state index in [2.05, 4.69) is 10.6 Å². The molecular weight excluding hydrogens is 304 g/mol. The highest BCUT2D eigenvalue weighted by Gasteiger charge is 2.11. The van der Waals surface area contributed by atoms with E-state index in [9.17, 15) is 9.59 Å². The first-order chi connectivity index (χ1) is 11.5. The van der Waals surface area contributed by atoms with Crippen LogP contribution in [0, 0.1) is 6.92 Å². The topological polar surface area (TPSA) is 67.4 Å². The predicted octanol–water partition coefficient (Wildman–Crippen LogP) is 3.07. The fraction of sp³-hybridized carbons (Fsp3) is 0.263. The summed E-state index contributed by atoms with van der Waals surface area (Å²) in [5, 5.41) is 6.04. The molecule has 2 aromatic carbocycles. The molecule has 0 radical (unpaired) electrons. The number of hydrogen-bond donors (Lipinski definition) is 2. The molecule has 1 amide bonds. The minimum absolute atomic E-state index is 0.0525. The van der Waals surface area contributed by atoms with Crippen LogP contribution in [0.4, 0.5) is 5.69 Å². The van der Waals surface area contributed by atoms with Gasteiger partial charge in [0.1, 0.15) is 0 Å². The number of nitrogens with one attached hydrogen (secondary N) is 2. The maximum atomic E-state index is 12.1. The van der Waals surface area contributed by atoms with Crippen molar-refractivity contribution >= 4 is 17.6 Å². The zero-order chi connectivity index (χ0) is 17.5. The third-order valence-corrected chi connectivity index (χ3v) is 3.76. The van der Waals surface area contributed by atoms with E-state index in [-0.39, 0.29) is 24.5 Å². The van der Waals surface area contributed by atoms with E-state index >= 15 is 0 Å². The Kier molecular flexibility index (Phi) is 5.95. The van der Waals surface area contributed by atoms with E-state index in [0.717, 1.165) is 16.8 Å². The maximum Gasteiger partial charge on any atom is 0.337 e. The summed E-state index contributed by atoms with van der Waals surface area (Å²) >= 11 is 0. The molecule has 0 fully saturated rings. The number of amides is 1. The van der Waals surface area contributed by atoms with Gasteiger partial charge in [-0.15, -0.1) is 0 Å². The molecule has 0 spiro atoms. The molecule has 5 heteroatoms. The van der Waals surface area contributed by atoms with Crippen LogP contribution in [-0.4, -0.2) is 25.5 Å². The first kappa shape index (κ1) is 17.5. The van der Waals surface area contributed by atoms with Crippen LogP contribution in [0.1, 0.15) is 34.5 Å². The van der Waals surface area contributed by atoms with Gasteiger partial charge in [0.25, 0.3) is 0 Å². The van der Waals surface area contributed by atoms with E-state index in [4.69, 9.17) is 4.74 Å². The highest BCUT2D eigenvalue weighted by atomic mass is 16.5. The zero-order valence-electron chi connectivity index (χ0n) is 14.1. The van der Waals surface area contributed by atoms with Crippen molar-refractivity contribution in [3.05, 3.63) is 65.2 Å². The van der Waals surface area contributed by atoms with Crippen molar-refractivity contribution in [2.45, 2.75) is 19.9 Å². The number of benzene rings is 2. The number of ether oxygens (including phenoxy) is 1. The lowest BCUT2D eigenvalue weighted by molar-refractivity contribution is -0.120. The Balaban J connectivity index is 1.91. The Labute approximate surface area is 142 Å². The average molecular weight is 326 g/mol. The molecule has 0 aliphatic heterocycles. The lowest BCUT2D eigenvalue weighted by Gasteiger charge is -2.15. The van der Waals surface area contributed by atoms with Crippen molar-refractivity contribution in [3.8, 4) is 0 Å². The predicted molar refractivity (Wildman–Crippen MR) is 94.0 cm³/mol. The van der Waals surface area contributed by atoms with Gasteiger partial charge >= 0.3 is 5.97 Å². The third kappa shape index (κ3) is 4.59. The van der Waals surface area contributed by atoms with Gasteiger partial charge in [-0.1, -0.05) is 30.3 Å². The van der Waals surface area contributed by atoms with Gasteiger partial charge in [-0.05, 0) is 43.2 Å². The van der Waals surface area contributed by atoms with Crippen molar-refractivity contribution in [1.29, 1.82) is 0 Å². The van der Waals surface area contributed by atoms with Crippen molar-refractivity contribution in [2.24, 2.45) is 0 Å². The lowest BCUT2D eigenvalue weighted by atomic mass is 10.1. The van der Waals surface area contributed by atoms with E-state index in [1.165, 1.54) is 7.11 Å². The summed E-state index contributed by atoms with van der Waals surface area (Å²) in [6, 6.07) is 14.9. The van der Waals surface area contributed by atoms with Crippen molar-refractivity contribution in [2.75, 3.05) is 19.0 Å². The average Bonchev–Trinajstić information content (AvgIpc) is 2.60. The molecule has 2 N–H and O–H groups in total. The van der Waals surface area contributed by atoms with Gasteiger partial charge in [0.05, 0.1) is 25.3 Å². The van der Waals surface area contributed by atoms with Crippen LogP contribution in [-0.2, 0) is 9.53 Å². The molecule has 0 aliphatic carbocycles. The van der Waals surface area contributed by atoms with Crippen LogP contribution in [0.3, 0.4) is 0 Å². The molecule has 0 aromatic heterocycles. The third-order valence-electron chi connectivity index (χ3n) is 3.76. The fourth-order valence-corrected chi connectivity index (χ4v) is 2.40. The number of hydrogen-bond acceptors (Lipinski definition) is 4. The summed E-state index contributed by atoms with van der Waals surface area (Å²) < 4.78 is 4.69. The number of carbonyl (C=O) groups excluding carboxylic acids is 2. The fourth-order valence-electron chi connectivity index (χ4n) is 2.40. The first-order valence-corrected chi connectivity index (χ1v) is 7.78. The van der Waals surface area contributed by atoms with Gasteiger partial charge < -0.3 is 15.4 Å². The highest BCUT2D eigenvalue weighted by molar-refractivity contribution is 5.90. The number of anilines is 1. The molecule has 24 heavy (non-hydrogen) atoms. The smallest absolute Gasteiger partial charge is 0.337 e. The summed E-state index contributed by atoms with van der Waals surface area (Å²) in [6.07, 6.45) is 0. The second-order valence-corrected chi connectivity index (χ2v) is 5.57. The largest absolute Gasteiger partial charge is 0.465 e. The van der Waals surface area contributed by atoms with E-state index in [1.54, 1.807) is 18.2 Å². The van der Waals surface area contributed by atoms with Crippen LogP contribution in [0.5, 0.6) is 0 Å². The van der Waals surface area contributed by atoms with Gasteiger partial charge in [-0.3, -0.25) is 4.79 Å². The van der Waals surface area contributed by atoms with Crippen LogP contribution >= 0.6 is 0 Å². The van der Waals surface area contributed by atoms with Crippen LogP contribution < -0.4 is 10.6 Å². The van der Waals surface area contributed by atoms with Crippen molar-refractivity contribution in [3.63, 3.8) is 0 Å². The van der Waals surface area contributed by atoms with Crippen LogP contribution in [0.15, 0.2) is 48.5 Å². The van der Waals surface area contributed by atoms with Gasteiger partial charge in [0.15, 0.2) is 0 Å². The minimum Gasteiger partial charge on any atom is -0.465 e. The van der Waals surface area contributed by atoms with Crippen LogP contribution in [0.25, 0.3) is 0 Å². The number of aryl methyl sites for hydroxylation is 1. The molecule has 1 atom stereocenters. The normalized spacial score (nSPS) is 11.5. The Bertz CT molecular complexity index is 714. The summed E-state index contributed by atoms with van der Waals surface area (Å²) in [4.78, 5) is 23.6. The van der Waals surface area contributed by atoms with Gasteiger partial charge in [0.2, 0.25) is 5.91 Å². The maximum absolute atomic E-state index is 12.1. The molecule has 0 saturated heterocycles. The minimum atomic E-state index is -0.376. The first-order valence-electron chi connectivity index (χ1n) is 7.78. The summed E-state index contributed by atoms with van der Waals surface area (Å²) in [7, 11) is 1.35. The second kappa shape index (κ2) is 8.15. The lowest BCUT2D eigenvalue weighted by Crippen LogP contribution is -2.32. The molecule has 2 aromatic rings. The molecule has 2 rings (SSSR count). The van der Waals surface area contributed by atoms with Crippen molar-refractivity contribution < 1.29 is 14.3 Å². The summed E-state index contributed by atoms with van der Waals surface area (Å²) in [5.41, 5.74) is 3.24. The Morgan fingerprint density at radius 2 is 1.83 bits per heavy atom. The Morgan fingerprint density at radius 3 is 2.46 bits per heavy atom. The number of rotatable bonds is 6. The second-order valence-electron chi connectivity index (χ2n) is 5.57. The molecule has 0 heterocycles. The van der Waals surface area contributed by atoms with E-state index < -0.39 is 0 Å². The zero-order valence-corrected chi connectivity index (χ0v) is 14.1. The molecular formula is C19H22N2O3. The molecule has 0 bridgehead atoms. The summed E-state index contributed by atoms with van der Waals surface area (Å²) in [6.45, 7) is 3.98. The molecule has 1 unspecified atom stereocenters. The van der Waals surface area contributed by atoms with Crippen molar-refractivity contribution in [1.82, 2.24) is 5.32 Å². The monoisotopic (exact) mass is 326 g/mol. The molecule has 126 valence electrons. The number of esters is 1. The Hall–Kier alpha value is -2.82. The van der Waals surface area contributed by atoms with E-state index in [0.29, 0.717) is 5.56 Å². The number of carbonyl (C=O) groups is 2. The Morgan fingerprint density at radius 1 is 1.12 bits per heavy atom.